The summed E-state index contributed by atoms with van der Waals surface area (Å²) >= 11 is 0. The molecule has 0 fully saturated rings. The number of allylic oxidation sites excluding steroid dienone is 2. The van der Waals surface area contributed by atoms with Gasteiger partial charge in [-0.15, -0.1) is 0 Å². The molecule has 0 amide bonds. The van der Waals surface area contributed by atoms with E-state index in [1.807, 2.05) is 0 Å². The zero-order chi connectivity index (χ0) is 10.3. The van der Waals surface area contributed by atoms with Crippen molar-refractivity contribution in [2.75, 3.05) is 6.54 Å². The summed E-state index contributed by atoms with van der Waals surface area (Å²) in [5, 5.41) is 0. The van der Waals surface area contributed by atoms with Crippen molar-refractivity contribution in [2.45, 2.75) is 33.7 Å². The van der Waals surface area contributed by atoms with Gasteiger partial charge in [-0.3, -0.25) is 0 Å². The highest BCUT2D eigenvalue weighted by atomic mass is 15.2. The Morgan fingerprint density at radius 3 is 2.57 bits per heavy atom. The molecular weight excluding hydrogens is 170 g/mol. The van der Waals surface area contributed by atoms with Crippen LogP contribution in [0.25, 0.3) is 0 Å². The van der Waals surface area contributed by atoms with Gasteiger partial charge in [0.05, 0.1) is 6.04 Å². The summed E-state index contributed by atoms with van der Waals surface area (Å²) in [6.45, 7) is 10.3. The smallest absolute Gasteiger partial charge is 0.0688 e. The minimum atomic E-state index is 0.309. The summed E-state index contributed by atoms with van der Waals surface area (Å²) in [6, 6.07) is 0.522. The first-order chi connectivity index (χ1) is 6.50. The van der Waals surface area contributed by atoms with Crippen LogP contribution in [-0.2, 0) is 0 Å². The van der Waals surface area contributed by atoms with Gasteiger partial charge in [0.15, 0.2) is 0 Å². The number of nitrogens with zero attached hydrogens (tertiary/aromatic N) is 1. The molecule has 1 unspecified atom stereocenters. The van der Waals surface area contributed by atoms with E-state index in [1.165, 1.54) is 5.57 Å². The van der Waals surface area contributed by atoms with Crippen molar-refractivity contribution in [3.8, 4) is 0 Å². The number of rotatable bonds is 0. The van der Waals surface area contributed by atoms with Crippen LogP contribution in [0.15, 0.2) is 35.6 Å². The van der Waals surface area contributed by atoms with E-state index in [2.05, 4.69) is 57.0 Å². The quantitative estimate of drug-likeness (QED) is 0.529. The summed E-state index contributed by atoms with van der Waals surface area (Å²) in [7, 11) is 0. The SMILES string of the molecule is CC1=C(C(C)(C)C)CN2C=CC=CC12. The van der Waals surface area contributed by atoms with Crippen molar-refractivity contribution in [2.24, 2.45) is 5.41 Å². The van der Waals surface area contributed by atoms with Gasteiger partial charge in [0, 0.05) is 12.7 Å². The summed E-state index contributed by atoms with van der Waals surface area (Å²) < 4.78 is 0. The molecule has 1 heteroatoms. The molecule has 2 aliphatic heterocycles. The Labute approximate surface area is 86.8 Å². The molecule has 0 aromatic carbocycles. The molecule has 0 radical (unpaired) electrons. The molecule has 0 aromatic heterocycles. The Balaban J connectivity index is 2.33. The van der Waals surface area contributed by atoms with Gasteiger partial charge in [-0.2, -0.15) is 0 Å². The third kappa shape index (κ3) is 1.41. The van der Waals surface area contributed by atoms with Gasteiger partial charge in [0.25, 0.3) is 0 Å². The molecule has 0 saturated carbocycles. The molecule has 1 nitrogen and oxygen atoms in total. The van der Waals surface area contributed by atoms with E-state index in [4.69, 9.17) is 0 Å². The predicted octanol–water partition coefficient (Wildman–Crippen LogP) is 3.12. The van der Waals surface area contributed by atoms with Gasteiger partial charge >= 0.3 is 0 Å². The molecule has 2 rings (SSSR count). The summed E-state index contributed by atoms with van der Waals surface area (Å²) in [4.78, 5) is 2.41. The molecule has 0 aromatic rings. The fourth-order valence-corrected chi connectivity index (χ4v) is 2.39. The zero-order valence-corrected chi connectivity index (χ0v) is 9.54. The van der Waals surface area contributed by atoms with E-state index < -0.39 is 0 Å². The molecule has 0 spiro atoms. The standard InChI is InChI=1S/C13H19N/c1-10-11(13(2,3)4)9-14-8-6-5-7-12(10)14/h5-8,12H,9H2,1-4H3. The Morgan fingerprint density at radius 1 is 1.29 bits per heavy atom. The Morgan fingerprint density at radius 2 is 2.00 bits per heavy atom. The molecular formula is C13H19N. The maximum absolute atomic E-state index is 2.41. The molecule has 1 atom stereocenters. The van der Waals surface area contributed by atoms with E-state index in [-0.39, 0.29) is 0 Å². The highest BCUT2D eigenvalue weighted by molar-refractivity contribution is 5.37. The van der Waals surface area contributed by atoms with Crippen LogP contribution < -0.4 is 0 Å². The van der Waals surface area contributed by atoms with Gasteiger partial charge in [0.2, 0.25) is 0 Å². The first-order valence-electron chi connectivity index (χ1n) is 5.31. The van der Waals surface area contributed by atoms with Crippen molar-refractivity contribution in [3.63, 3.8) is 0 Å². The molecule has 0 aliphatic carbocycles. The molecule has 14 heavy (non-hydrogen) atoms. The largest absolute Gasteiger partial charge is 0.363 e. The predicted molar refractivity (Wildman–Crippen MR) is 60.9 cm³/mol. The van der Waals surface area contributed by atoms with Crippen LogP contribution in [-0.4, -0.2) is 17.5 Å². The van der Waals surface area contributed by atoms with Crippen LogP contribution in [0.5, 0.6) is 0 Å². The lowest BCUT2D eigenvalue weighted by atomic mass is 9.84. The van der Waals surface area contributed by atoms with Crippen molar-refractivity contribution < 1.29 is 0 Å². The van der Waals surface area contributed by atoms with E-state index >= 15 is 0 Å². The molecule has 0 bridgehead atoms. The average Bonchev–Trinajstić information content (AvgIpc) is 2.44. The van der Waals surface area contributed by atoms with Crippen LogP contribution in [0, 0.1) is 5.41 Å². The Bertz CT molecular complexity index is 326. The Hall–Kier alpha value is -0.980. The second kappa shape index (κ2) is 3.01. The first kappa shape index (κ1) is 9.57. The monoisotopic (exact) mass is 189 g/mol. The maximum atomic E-state index is 2.41. The van der Waals surface area contributed by atoms with Gasteiger partial charge in [-0.05, 0) is 29.6 Å². The lowest BCUT2D eigenvalue weighted by Gasteiger charge is -2.24. The van der Waals surface area contributed by atoms with Crippen molar-refractivity contribution >= 4 is 0 Å². The van der Waals surface area contributed by atoms with Crippen molar-refractivity contribution in [1.29, 1.82) is 0 Å². The zero-order valence-electron chi connectivity index (χ0n) is 9.54. The molecule has 0 saturated heterocycles. The fraction of sp³-hybridized carbons (Fsp3) is 0.538. The van der Waals surface area contributed by atoms with Gasteiger partial charge in [-0.1, -0.05) is 32.9 Å². The summed E-state index contributed by atoms with van der Waals surface area (Å²) in [6.07, 6.45) is 8.76. The lowest BCUT2D eigenvalue weighted by Crippen LogP contribution is -2.26. The molecule has 2 heterocycles. The first-order valence-corrected chi connectivity index (χ1v) is 5.31. The lowest BCUT2D eigenvalue weighted by molar-refractivity contribution is 0.384. The van der Waals surface area contributed by atoms with E-state index in [9.17, 15) is 0 Å². The van der Waals surface area contributed by atoms with Crippen LogP contribution >= 0.6 is 0 Å². The van der Waals surface area contributed by atoms with Gasteiger partial charge < -0.3 is 4.90 Å². The number of hydrogen-bond donors (Lipinski definition) is 0. The third-order valence-electron chi connectivity index (χ3n) is 3.21. The Kier molecular flexibility index (Phi) is 2.06. The van der Waals surface area contributed by atoms with Crippen LogP contribution in [0.4, 0.5) is 0 Å². The minimum absolute atomic E-state index is 0.309. The highest BCUT2D eigenvalue weighted by Gasteiger charge is 2.32. The maximum Gasteiger partial charge on any atom is 0.0688 e. The van der Waals surface area contributed by atoms with E-state index in [0.717, 1.165) is 6.54 Å². The normalized spacial score (nSPS) is 26.0. The fourth-order valence-electron chi connectivity index (χ4n) is 2.39. The molecule has 0 N–H and O–H groups in total. The van der Waals surface area contributed by atoms with Gasteiger partial charge in [-0.25, -0.2) is 0 Å². The van der Waals surface area contributed by atoms with Crippen molar-refractivity contribution in [3.05, 3.63) is 35.6 Å². The second-order valence-electron chi connectivity index (χ2n) is 5.26. The number of fused-ring (bicyclic) bond motifs is 1. The van der Waals surface area contributed by atoms with Crippen LogP contribution in [0.2, 0.25) is 0 Å². The third-order valence-corrected chi connectivity index (χ3v) is 3.21. The molecule has 76 valence electrons. The van der Waals surface area contributed by atoms with Crippen LogP contribution in [0.1, 0.15) is 27.7 Å². The second-order valence-corrected chi connectivity index (χ2v) is 5.26. The topological polar surface area (TPSA) is 3.24 Å². The van der Waals surface area contributed by atoms with Crippen molar-refractivity contribution in [1.82, 2.24) is 4.90 Å². The average molecular weight is 189 g/mol. The summed E-state index contributed by atoms with van der Waals surface area (Å²) in [5.41, 5.74) is 3.44. The van der Waals surface area contributed by atoms with Gasteiger partial charge in [0.1, 0.15) is 0 Å². The summed E-state index contributed by atoms with van der Waals surface area (Å²) in [5.74, 6) is 0. The molecule has 2 aliphatic rings. The van der Waals surface area contributed by atoms with Crippen LogP contribution in [0.3, 0.4) is 0 Å². The van der Waals surface area contributed by atoms with E-state index in [0.29, 0.717) is 11.5 Å². The highest BCUT2D eigenvalue weighted by Crippen LogP contribution is 2.37. The van der Waals surface area contributed by atoms with E-state index in [1.54, 1.807) is 5.57 Å². The number of hydrogen-bond acceptors (Lipinski definition) is 1. The minimum Gasteiger partial charge on any atom is -0.363 e.